The van der Waals surface area contributed by atoms with Gasteiger partial charge in [0.2, 0.25) is 0 Å². The predicted molar refractivity (Wildman–Crippen MR) is 101 cm³/mol. The lowest BCUT2D eigenvalue weighted by Gasteiger charge is -2.11. The van der Waals surface area contributed by atoms with Crippen molar-refractivity contribution in [3.63, 3.8) is 0 Å². The maximum atomic E-state index is 13.1. The van der Waals surface area contributed by atoms with Crippen LogP contribution in [0.4, 0.5) is 4.39 Å². The topological polar surface area (TPSA) is 36.4 Å². The lowest BCUT2D eigenvalue weighted by Crippen LogP contribution is -2.39. The molecule has 2 N–H and O–H groups in total. The van der Waals surface area contributed by atoms with Crippen LogP contribution >= 0.6 is 51.7 Å². The molecule has 0 bridgehead atoms. The van der Waals surface area contributed by atoms with Crippen molar-refractivity contribution in [1.82, 2.24) is 10.6 Å². The lowest BCUT2D eigenvalue weighted by molar-refractivity contribution is 0.620. The number of rotatable bonds is 6. The number of halogens is 3. The summed E-state index contributed by atoms with van der Waals surface area (Å²) in [6, 6.07) is 5.08. The Hall–Kier alpha value is -0.0200. The molecule has 1 aromatic carbocycles. The number of thioether (sulfide) groups is 1. The molecular weight excluding hydrogens is 456 g/mol. The van der Waals surface area contributed by atoms with Crippen molar-refractivity contribution in [2.75, 3.05) is 32.1 Å². The van der Waals surface area contributed by atoms with Gasteiger partial charge in [-0.25, -0.2) is 4.39 Å². The van der Waals surface area contributed by atoms with Crippen LogP contribution in [0.3, 0.4) is 0 Å². The van der Waals surface area contributed by atoms with Gasteiger partial charge in [0.05, 0.1) is 4.47 Å². The van der Waals surface area contributed by atoms with E-state index in [0.29, 0.717) is 4.47 Å². The minimum absolute atomic E-state index is 0. The number of benzene rings is 1. The van der Waals surface area contributed by atoms with Gasteiger partial charge < -0.3 is 10.6 Å². The van der Waals surface area contributed by atoms with E-state index >= 15 is 0 Å². The van der Waals surface area contributed by atoms with Gasteiger partial charge in [-0.3, -0.25) is 4.99 Å². The molecule has 1 aromatic rings. The first-order valence-electron chi connectivity index (χ1n) is 6.04. The summed E-state index contributed by atoms with van der Waals surface area (Å²) in [6.07, 6.45) is 2.90. The first-order valence-corrected chi connectivity index (χ1v) is 8.23. The number of hydrogen-bond donors (Lipinski definition) is 2. The second kappa shape index (κ2) is 11.6. The van der Waals surface area contributed by atoms with Gasteiger partial charge in [-0.15, -0.1) is 24.0 Å². The molecule has 0 aliphatic carbocycles. The summed E-state index contributed by atoms with van der Waals surface area (Å²) in [6.45, 7) is 1.65. The Labute approximate surface area is 149 Å². The van der Waals surface area contributed by atoms with Gasteiger partial charge in [-0.2, -0.15) is 11.8 Å². The number of aliphatic imine (C=N–C) groups is 1. The minimum atomic E-state index is -0.230. The molecular formula is C13H20BrFIN3S. The SMILES string of the molecule is CN=C(NCCSC)NCCc1ccc(F)c(Br)c1.I. The van der Waals surface area contributed by atoms with E-state index in [1.165, 1.54) is 6.07 Å². The van der Waals surface area contributed by atoms with Crippen LogP contribution in [0.5, 0.6) is 0 Å². The van der Waals surface area contributed by atoms with Crippen LogP contribution in [0, 0.1) is 5.82 Å². The molecule has 20 heavy (non-hydrogen) atoms. The molecule has 0 heterocycles. The Balaban J connectivity index is 0.00000361. The highest BCUT2D eigenvalue weighted by molar-refractivity contribution is 14.0. The van der Waals surface area contributed by atoms with E-state index in [4.69, 9.17) is 0 Å². The third kappa shape index (κ3) is 7.68. The van der Waals surface area contributed by atoms with Gasteiger partial charge in [0.25, 0.3) is 0 Å². The fraction of sp³-hybridized carbons (Fsp3) is 0.462. The second-order valence-corrected chi connectivity index (χ2v) is 5.76. The lowest BCUT2D eigenvalue weighted by atomic mass is 10.1. The number of guanidine groups is 1. The van der Waals surface area contributed by atoms with E-state index in [0.717, 1.165) is 36.8 Å². The van der Waals surface area contributed by atoms with Crippen LogP contribution < -0.4 is 10.6 Å². The maximum Gasteiger partial charge on any atom is 0.191 e. The fourth-order valence-corrected chi connectivity index (χ4v) is 2.24. The van der Waals surface area contributed by atoms with Crippen LogP contribution in [-0.2, 0) is 6.42 Å². The van der Waals surface area contributed by atoms with Gasteiger partial charge in [-0.1, -0.05) is 6.07 Å². The highest BCUT2D eigenvalue weighted by Crippen LogP contribution is 2.16. The summed E-state index contributed by atoms with van der Waals surface area (Å²) in [5, 5.41) is 6.46. The largest absolute Gasteiger partial charge is 0.356 e. The first kappa shape index (κ1) is 20.0. The first-order chi connectivity index (χ1) is 9.17. The van der Waals surface area contributed by atoms with Gasteiger partial charge in [0.1, 0.15) is 5.82 Å². The van der Waals surface area contributed by atoms with Crippen LogP contribution in [-0.4, -0.2) is 38.1 Å². The summed E-state index contributed by atoms with van der Waals surface area (Å²) < 4.78 is 13.6. The Bertz CT molecular complexity index is 432. The molecule has 114 valence electrons. The van der Waals surface area contributed by atoms with Gasteiger partial charge >= 0.3 is 0 Å². The Morgan fingerprint density at radius 1 is 1.35 bits per heavy atom. The van der Waals surface area contributed by atoms with Crippen LogP contribution in [0.2, 0.25) is 0 Å². The highest BCUT2D eigenvalue weighted by Gasteiger charge is 2.01. The zero-order valence-corrected chi connectivity index (χ0v) is 16.3. The summed E-state index contributed by atoms with van der Waals surface area (Å²) in [7, 11) is 1.75. The molecule has 0 saturated carbocycles. The van der Waals surface area contributed by atoms with Crippen molar-refractivity contribution in [3.8, 4) is 0 Å². The van der Waals surface area contributed by atoms with Crippen LogP contribution in [0.25, 0.3) is 0 Å². The molecule has 0 spiro atoms. The Morgan fingerprint density at radius 3 is 2.65 bits per heavy atom. The van der Waals surface area contributed by atoms with Crippen LogP contribution in [0.15, 0.2) is 27.7 Å². The summed E-state index contributed by atoms with van der Waals surface area (Å²) in [5.41, 5.74) is 1.08. The Kier molecular flexibility index (Phi) is 11.6. The normalized spacial score (nSPS) is 10.9. The van der Waals surface area contributed by atoms with Crippen molar-refractivity contribution in [2.45, 2.75) is 6.42 Å². The third-order valence-electron chi connectivity index (χ3n) is 2.51. The average molecular weight is 476 g/mol. The van der Waals surface area contributed by atoms with E-state index < -0.39 is 0 Å². The minimum Gasteiger partial charge on any atom is -0.356 e. The number of nitrogens with zero attached hydrogens (tertiary/aromatic N) is 1. The molecule has 3 nitrogen and oxygen atoms in total. The molecule has 0 aromatic heterocycles. The fourth-order valence-electron chi connectivity index (χ4n) is 1.51. The average Bonchev–Trinajstić information content (AvgIpc) is 2.41. The summed E-state index contributed by atoms with van der Waals surface area (Å²) in [5.74, 6) is 1.62. The quantitative estimate of drug-likeness (QED) is 0.287. The molecule has 7 heteroatoms. The van der Waals surface area contributed by atoms with Crippen molar-refractivity contribution >= 4 is 57.6 Å². The maximum absolute atomic E-state index is 13.1. The molecule has 0 atom stereocenters. The summed E-state index contributed by atoms with van der Waals surface area (Å²) in [4.78, 5) is 4.14. The van der Waals surface area contributed by atoms with E-state index in [1.807, 2.05) is 0 Å². The molecule has 0 unspecified atom stereocenters. The van der Waals surface area contributed by atoms with Gasteiger partial charge in [-0.05, 0) is 46.3 Å². The van der Waals surface area contributed by atoms with E-state index in [-0.39, 0.29) is 29.8 Å². The van der Waals surface area contributed by atoms with Gasteiger partial charge in [0, 0.05) is 25.9 Å². The van der Waals surface area contributed by atoms with Crippen molar-refractivity contribution < 1.29 is 4.39 Å². The third-order valence-corrected chi connectivity index (χ3v) is 3.73. The second-order valence-electron chi connectivity index (χ2n) is 3.92. The monoisotopic (exact) mass is 475 g/mol. The van der Waals surface area contributed by atoms with Crippen molar-refractivity contribution in [2.24, 2.45) is 4.99 Å². The van der Waals surface area contributed by atoms with E-state index in [9.17, 15) is 4.39 Å². The molecule has 0 radical (unpaired) electrons. The van der Waals surface area contributed by atoms with E-state index in [2.05, 4.69) is 37.8 Å². The predicted octanol–water partition coefficient (Wildman–Crippen LogP) is 3.28. The van der Waals surface area contributed by atoms with Crippen LogP contribution in [0.1, 0.15) is 5.56 Å². The standard InChI is InChI=1S/C13H19BrFN3S.HI/c1-16-13(18-7-8-19-2)17-6-5-10-3-4-12(15)11(14)9-10;/h3-4,9H,5-8H2,1-2H3,(H2,16,17,18);1H. The van der Waals surface area contributed by atoms with Crippen molar-refractivity contribution in [3.05, 3.63) is 34.1 Å². The Morgan fingerprint density at radius 2 is 2.05 bits per heavy atom. The van der Waals surface area contributed by atoms with Gasteiger partial charge in [0.15, 0.2) is 5.96 Å². The van der Waals surface area contributed by atoms with Crippen molar-refractivity contribution in [1.29, 1.82) is 0 Å². The molecule has 1 rings (SSSR count). The summed E-state index contributed by atoms with van der Waals surface area (Å²) >= 11 is 4.98. The highest BCUT2D eigenvalue weighted by atomic mass is 127. The zero-order valence-electron chi connectivity index (χ0n) is 11.6. The zero-order chi connectivity index (χ0) is 14.1. The van der Waals surface area contributed by atoms with E-state index in [1.54, 1.807) is 30.9 Å². The molecule has 0 saturated heterocycles. The molecule has 0 aliphatic rings. The number of nitrogens with one attached hydrogen (secondary N) is 2. The number of hydrogen-bond acceptors (Lipinski definition) is 2. The molecule has 0 amide bonds. The molecule has 0 fully saturated rings. The smallest absolute Gasteiger partial charge is 0.191 e. The molecule has 0 aliphatic heterocycles.